The summed E-state index contributed by atoms with van der Waals surface area (Å²) in [6.07, 6.45) is 0. The van der Waals surface area contributed by atoms with E-state index in [1.54, 1.807) is 0 Å². The topological polar surface area (TPSA) is 16.4 Å². The van der Waals surface area contributed by atoms with Gasteiger partial charge in [0.25, 0.3) is 0 Å². The molecule has 1 aliphatic rings. The maximum atomic E-state index is 6.34. The van der Waals surface area contributed by atoms with Crippen molar-refractivity contribution in [2.75, 3.05) is 4.90 Å². The summed E-state index contributed by atoms with van der Waals surface area (Å²) in [5.74, 6) is 0. The van der Waals surface area contributed by atoms with Gasteiger partial charge in [-0.15, -0.1) is 11.3 Å². The molecular weight excluding hydrogens is 663 g/mol. The molecule has 0 amide bonds. The Morgan fingerprint density at radius 2 is 1.08 bits per heavy atom. The van der Waals surface area contributed by atoms with Crippen LogP contribution in [0.5, 0.6) is 0 Å². The predicted molar refractivity (Wildman–Crippen MR) is 224 cm³/mol. The van der Waals surface area contributed by atoms with Gasteiger partial charge in [-0.2, -0.15) is 0 Å². The normalized spacial score (nSPS) is 13.2. The summed E-state index contributed by atoms with van der Waals surface area (Å²) in [5, 5.41) is 4.82. The van der Waals surface area contributed by atoms with Crippen LogP contribution >= 0.6 is 11.3 Å². The van der Waals surface area contributed by atoms with Gasteiger partial charge in [0, 0.05) is 53.3 Å². The Balaban J connectivity index is 1.24. The summed E-state index contributed by atoms with van der Waals surface area (Å²) in [4.78, 5) is 2.48. The zero-order chi connectivity index (χ0) is 35.1. The molecule has 11 rings (SSSR count). The van der Waals surface area contributed by atoms with Gasteiger partial charge in [0.15, 0.2) is 0 Å². The van der Waals surface area contributed by atoms with E-state index in [-0.39, 0.29) is 0 Å². The minimum Gasteiger partial charge on any atom is -0.456 e. The lowest BCUT2D eigenvalue weighted by molar-refractivity contribution is 0.669. The van der Waals surface area contributed by atoms with Gasteiger partial charge in [0.2, 0.25) is 0 Å². The van der Waals surface area contributed by atoms with E-state index in [4.69, 9.17) is 4.42 Å². The summed E-state index contributed by atoms with van der Waals surface area (Å²) in [7, 11) is 0. The third-order valence-electron chi connectivity index (χ3n) is 11.3. The predicted octanol–water partition coefficient (Wildman–Crippen LogP) is 14.4. The van der Waals surface area contributed by atoms with Crippen molar-refractivity contribution in [2.45, 2.75) is 12.3 Å². The van der Waals surface area contributed by atoms with Gasteiger partial charge < -0.3 is 9.32 Å². The van der Waals surface area contributed by atoms with Crippen molar-refractivity contribution >= 4 is 70.5 Å². The fourth-order valence-corrected chi connectivity index (χ4v) is 10.2. The second-order valence-electron chi connectivity index (χ2n) is 14.2. The van der Waals surface area contributed by atoms with E-state index in [1.165, 1.54) is 59.1 Å². The van der Waals surface area contributed by atoms with E-state index < -0.39 is 5.41 Å². The van der Waals surface area contributed by atoms with Gasteiger partial charge in [-0.1, -0.05) is 133 Å². The monoisotopic (exact) mass is 695 g/mol. The van der Waals surface area contributed by atoms with Crippen LogP contribution < -0.4 is 4.90 Å². The minimum absolute atomic E-state index is 0.433. The highest BCUT2D eigenvalue weighted by Crippen LogP contribution is 2.58. The van der Waals surface area contributed by atoms with Gasteiger partial charge in [-0.25, -0.2) is 0 Å². The number of thiophene rings is 1. The molecule has 2 nitrogen and oxygen atoms in total. The van der Waals surface area contributed by atoms with Crippen LogP contribution in [0, 0.1) is 0 Å². The van der Waals surface area contributed by atoms with Crippen molar-refractivity contribution in [3.8, 4) is 22.3 Å². The fraction of sp³-hybridized carbons (Fsp3) is 0.0400. The van der Waals surface area contributed by atoms with Crippen LogP contribution in [-0.4, -0.2) is 0 Å². The molecule has 0 N–H and O–H groups in total. The molecule has 0 radical (unpaired) electrons. The Kier molecular flexibility index (Phi) is 6.58. The average molecular weight is 696 g/mol. The molecule has 0 saturated heterocycles. The van der Waals surface area contributed by atoms with Crippen molar-refractivity contribution in [1.29, 1.82) is 0 Å². The molecule has 0 spiro atoms. The van der Waals surface area contributed by atoms with Crippen LogP contribution in [0.3, 0.4) is 0 Å². The van der Waals surface area contributed by atoms with Gasteiger partial charge in [0.05, 0.1) is 5.69 Å². The largest absolute Gasteiger partial charge is 0.456 e. The lowest BCUT2D eigenvalue weighted by Gasteiger charge is -2.36. The summed E-state index contributed by atoms with van der Waals surface area (Å²) >= 11 is 1.91. The van der Waals surface area contributed by atoms with Crippen LogP contribution in [-0.2, 0) is 5.41 Å². The Morgan fingerprint density at radius 3 is 1.85 bits per heavy atom. The molecule has 0 saturated carbocycles. The Labute approximate surface area is 311 Å². The Bertz CT molecular complexity index is 2980. The first-order chi connectivity index (χ1) is 26.2. The van der Waals surface area contributed by atoms with E-state index in [1.807, 2.05) is 17.4 Å². The van der Waals surface area contributed by atoms with Crippen molar-refractivity contribution < 1.29 is 4.42 Å². The molecular formula is C50H33NOS. The van der Waals surface area contributed by atoms with E-state index in [9.17, 15) is 0 Å². The van der Waals surface area contributed by atoms with Crippen molar-refractivity contribution in [3.63, 3.8) is 0 Å². The zero-order valence-corrected chi connectivity index (χ0v) is 29.9. The molecule has 10 aromatic rings. The van der Waals surface area contributed by atoms with Gasteiger partial charge in [0.1, 0.15) is 11.2 Å². The lowest BCUT2D eigenvalue weighted by atomic mass is 9.73. The lowest BCUT2D eigenvalue weighted by Crippen LogP contribution is -2.26. The molecule has 8 aromatic carbocycles. The van der Waals surface area contributed by atoms with Crippen LogP contribution in [0.15, 0.2) is 186 Å². The van der Waals surface area contributed by atoms with Crippen LogP contribution in [0.1, 0.15) is 23.6 Å². The molecule has 0 aliphatic heterocycles. The standard InChI is InChI=1S/C50H33NOS/c1-50(42-19-9-5-15-36(42)37-16-6-10-20-43(37)50)48-44(29-28-40-39-18-8-12-22-47(39)53-49(40)48)51(34-25-23-33(24-26-34)32-13-3-2-4-14-32)35-27-30-46-41(31-35)38-17-7-11-21-45(38)52-46/h2-31H,1H3. The summed E-state index contributed by atoms with van der Waals surface area (Å²) in [5.41, 5.74) is 13.7. The highest BCUT2D eigenvalue weighted by molar-refractivity contribution is 7.26. The summed E-state index contributed by atoms with van der Waals surface area (Å²) in [6, 6.07) is 66.3. The number of fused-ring (bicyclic) bond motifs is 9. The SMILES string of the molecule is CC1(c2c(N(c3ccc(-c4ccccc4)cc3)c3ccc4oc5ccccc5c4c3)ccc3c2sc2ccccc23)c2ccccc2-c2ccccc21. The van der Waals surface area contributed by atoms with Gasteiger partial charge in [-0.05, 0) is 88.8 Å². The number of rotatable bonds is 5. The maximum Gasteiger partial charge on any atom is 0.135 e. The van der Waals surface area contributed by atoms with E-state index in [2.05, 4.69) is 188 Å². The molecule has 0 fully saturated rings. The second-order valence-corrected chi connectivity index (χ2v) is 15.2. The summed E-state index contributed by atoms with van der Waals surface area (Å²) < 4.78 is 8.96. The van der Waals surface area contributed by atoms with Crippen LogP contribution in [0.2, 0.25) is 0 Å². The maximum absolute atomic E-state index is 6.34. The third-order valence-corrected chi connectivity index (χ3v) is 12.5. The average Bonchev–Trinajstić information content (AvgIpc) is 3.87. The van der Waals surface area contributed by atoms with Gasteiger partial charge >= 0.3 is 0 Å². The quantitative estimate of drug-likeness (QED) is 0.178. The first-order valence-corrected chi connectivity index (χ1v) is 19.0. The molecule has 53 heavy (non-hydrogen) atoms. The number of benzene rings is 8. The molecule has 3 heteroatoms. The minimum atomic E-state index is -0.433. The number of hydrogen-bond acceptors (Lipinski definition) is 3. The van der Waals surface area contributed by atoms with E-state index in [0.29, 0.717) is 0 Å². The van der Waals surface area contributed by atoms with E-state index in [0.717, 1.165) is 39.0 Å². The smallest absolute Gasteiger partial charge is 0.135 e. The molecule has 250 valence electrons. The molecule has 0 unspecified atom stereocenters. The molecule has 0 bridgehead atoms. The highest BCUT2D eigenvalue weighted by Gasteiger charge is 2.44. The molecule has 2 heterocycles. The van der Waals surface area contributed by atoms with E-state index >= 15 is 0 Å². The molecule has 0 atom stereocenters. The zero-order valence-electron chi connectivity index (χ0n) is 29.1. The Hall–Kier alpha value is -6.42. The van der Waals surface area contributed by atoms with Crippen molar-refractivity contribution in [1.82, 2.24) is 0 Å². The molecule has 2 aromatic heterocycles. The first-order valence-electron chi connectivity index (χ1n) is 18.2. The second kappa shape index (κ2) is 11.5. The summed E-state index contributed by atoms with van der Waals surface area (Å²) in [6.45, 7) is 2.45. The van der Waals surface area contributed by atoms with Crippen LogP contribution in [0.25, 0.3) is 64.4 Å². The highest BCUT2D eigenvalue weighted by atomic mass is 32.1. The number of nitrogens with zero attached hydrogens (tertiary/aromatic N) is 1. The van der Waals surface area contributed by atoms with Crippen molar-refractivity contribution in [2.24, 2.45) is 0 Å². The molecule has 1 aliphatic carbocycles. The number of hydrogen-bond donors (Lipinski definition) is 0. The van der Waals surface area contributed by atoms with Crippen molar-refractivity contribution in [3.05, 3.63) is 199 Å². The Morgan fingerprint density at radius 1 is 0.472 bits per heavy atom. The number of furan rings is 1. The first kappa shape index (κ1) is 30.2. The van der Waals surface area contributed by atoms with Gasteiger partial charge in [-0.3, -0.25) is 0 Å². The number of para-hydroxylation sites is 1. The number of anilines is 3. The fourth-order valence-electron chi connectivity index (χ4n) is 8.88. The van der Waals surface area contributed by atoms with Crippen LogP contribution in [0.4, 0.5) is 17.1 Å². The third kappa shape index (κ3) is 4.44.